The quantitative estimate of drug-likeness (QED) is 0.226. The van der Waals surface area contributed by atoms with Crippen molar-refractivity contribution in [1.82, 2.24) is 9.55 Å². The van der Waals surface area contributed by atoms with E-state index in [-0.39, 0.29) is 36.5 Å². The van der Waals surface area contributed by atoms with Gasteiger partial charge in [-0.15, -0.1) is 24.0 Å². The second-order valence-corrected chi connectivity index (χ2v) is 6.80. The van der Waals surface area contributed by atoms with Crippen LogP contribution in [-0.2, 0) is 12.6 Å². The molecule has 32 heavy (non-hydrogen) atoms. The van der Waals surface area contributed by atoms with Gasteiger partial charge in [0.25, 0.3) is 0 Å². The van der Waals surface area contributed by atoms with Crippen LogP contribution in [-0.4, -0.2) is 33.3 Å². The van der Waals surface area contributed by atoms with Crippen molar-refractivity contribution in [3.05, 3.63) is 72.8 Å². The Bertz CT molecular complexity index is 1040. The van der Waals surface area contributed by atoms with Crippen LogP contribution < -0.4 is 15.8 Å². The predicted octanol–water partition coefficient (Wildman–Crippen LogP) is 4.40. The summed E-state index contributed by atoms with van der Waals surface area (Å²) >= 11 is 0. The lowest BCUT2D eigenvalue weighted by atomic mass is 9.98. The fraction of sp³-hybridized carbons (Fsp3) is 0.238. The summed E-state index contributed by atoms with van der Waals surface area (Å²) in [6.07, 6.45) is -3.14. The summed E-state index contributed by atoms with van der Waals surface area (Å²) < 4.78 is 47.4. The molecule has 7 nitrogen and oxygen atoms in total. The molecule has 0 saturated heterocycles. The number of aryl methyl sites for hydroxylation is 1. The van der Waals surface area contributed by atoms with E-state index >= 15 is 0 Å². The first-order valence-electron chi connectivity index (χ1n) is 9.36. The summed E-state index contributed by atoms with van der Waals surface area (Å²) in [5.74, 6) is 0.598. The van der Waals surface area contributed by atoms with Crippen molar-refractivity contribution in [2.24, 2.45) is 17.8 Å². The lowest BCUT2D eigenvalue weighted by molar-refractivity contribution is -0.272. The molecule has 3 aromatic rings. The molecule has 0 aliphatic heterocycles. The third-order valence-electron chi connectivity index (χ3n) is 4.50. The highest BCUT2D eigenvalue weighted by atomic mass is 127. The van der Waals surface area contributed by atoms with Crippen molar-refractivity contribution in [1.29, 1.82) is 0 Å². The summed E-state index contributed by atoms with van der Waals surface area (Å²) in [7, 11) is 1.38. The van der Waals surface area contributed by atoms with Gasteiger partial charge in [-0.05, 0) is 24.3 Å². The average molecular weight is 561 g/mol. The number of nitrogens with one attached hydrogen (secondary N) is 1. The molecular formula is C21H23F3IN5O2. The standard InChI is InChI=1S/C21H22F3N5O2.HI/c1-29-13-12-26-18(29)20(30,21(22,23)24)10-11-27-19(25)28-15-6-5-9-17(14-15)31-16-7-3-2-4-8-16;/h2-9,12-14,30H,10-11H2,1H3,(H3,25,27,28);1H. The summed E-state index contributed by atoms with van der Waals surface area (Å²) in [6.45, 7) is -0.373. The Morgan fingerprint density at radius 1 is 1.16 bits per heavy atom. The topological polar surface area (TPSA) is 97.7 Å². The van der Waals surface area contributed by atoms with Crippen molar-refractivity contribution >= 4 is 35.6 Å². The second kappa shape index (κ2) is 10.7. The first-order chi connectivity index (χ1) is 14.7. The number of aliphatic hydroxyl groups is 1. The number of benzene rings is 2. The van der Waals surface area contributed by atoms with Crippen LogP contribution in [0, 0.1) is 0 Å². The number of hydrogen-bond donors (Lipinski definition) is 3. The highest BCUT2D eigenvalue weighted by molar-refractivity contribution is 14.0. The van der Waals surface area contributed by atoms with Crippen LogP contribution >= 0.6 is 24.0 Å². The maximum atomic E-state index is 13.5. The zero-order valence-corrected chi connectivity index (χ0v) is 19.4. The molecule has 1 atom stereocenters. The van der Waals surface area contributed by atoms with Gasteiger partial charge in [0.05, 0.1) is 0 Å². The average Bonchev–Trinajstić information content (AvgIpc) is 3.14. The van der Waals surface area contributed by atoms with Gasteiger partial charge in [0.2, 0.25) is 5.60 Å². The number of hydrogen-bond acceptors (Lipinski definition) is 4. The number of halogens is 4. The van der Waals surface area contributed by atoms with E-state index in [1.165, 1.54) is 19.4 Å². The van der Waals surface area contributed by atoms with E-state index in [9.17, 15) is 18.3 Å². The number of nitrogens with zero attached hydrogens (tertiary/aromatic N) is 3. The van der Waals surface area contributed by atoms with Gasteiger partial charge >= 0.3 is 6.18 Å². The number of alkyl halides is 3. The smallest absolute Gasteiger partial charge is 0.424 e. The molecule has 2 aromatic carbocycles. The van der Waals surface area contributed by atoms with Gasteiger partial charge in [-0.3, -0.25) is 4.99 Å². The van der Waals surface area contributed by atoms with Gasteiger partial charge in [-0.2, -0.15) is 13.2 Å². The van der Waals surface area contributed by atoms with E-state index < -0.39 is 24.0 Å². The molecule has 11 heteroatoms. The SMILES string of the molecule is Cn1ccnc1C(O)(CCN=C(N)Nc1cccc(Oc2ccccc2)c1)C(F)(F)F.I. The van der Waals surface area contributed by atoms with Crippen LogP contribution in [0.4, 0.5) is 18.9 Å². The maximum Gasteiger partial charge on any atom is 0.424 e. The molecule has 1 aromatic heterocycles. The third-order valence-corrected chi connectivity index (χ3v) is 4.50. The summed E-state index contributed by atoms with van der Waals surface area (Å²) in [5.41, 5.74) is 3.22. The largest absolute Gasteiger partial charge is 0.457 e. The molecule has 1 unspecified atom stereocenters. The van der Waals surface area contributed by atoms with E-state index in [0.29, 0.717) is 17.2 Å². The number of aliphatic imine (C=N–C) groups is 1. The van der Waals surface area contributed by atoms with Crippen molar-refractivity contribution in [2.45, 2.75) is 18.2 Å². The van der Waals surface area contributed by atoms with Crippen LogP contribution in [0.3, 0.4) is 0 Å². The van der Waals surface area contributed by atoms with Gasteiger partial charge in [0, 0.05) is 44.2 Å². The lowest BCUT2D eigenvalue weighted by Crippen LogP contribution is -2.45. The van der Waals surface area contributed by atoms with Crippen molar-refractivity contribution in [2.75, 3.05) is 11.9 Å². The molecular weight excluding hydrogens is 538 g/mol. The van der Waals surface area contributed by atoms with Crippen molar-refractivity contribution in [3.8, 4) is 11.5 Å². The van der Waals surface area contributed by atoms with Crippen LogP contribution in [0.5, 0.6) is 11.5 Å². The molecule has 0 aliphatic carbocycles. The minimum atomic E-state index is -4.92. The molecule has 0 radical (unpaired) electrons. The van der Waals surface area contributed by atoms with E-state index in [1.54, 1.807) is 36.4 Å². The molecule has 0 spiro atoms. The Hall–Kier alpha value is -2.80. The fourth-order valence-electron chi connectivity index (χ4n) is 2.93. The maximum absolute atomic E-state index is 13.5. The van der Waals surface area contributed by atoms with Gasteiger partial charge in [-0.1, -0.05) is 24.3 Å². The number of imidazole rings is 1. The van der Waals surface area contributed by atoms with E-state index in [0.717, 1.165) is 4.57 Å². The van der Waals surface area contributed by atoms with E-state index in [1.807, 2.05) is 18.2 Å². The number of para-hydroxylation sites is 1. The Morgan fingerprint density at radius 2 is 1.84 bits per heavy atom. The van der Waals surface area contributed by atoms with Crippen molar-refractivity contribution in [3.63, 3.8) is 0 Å². The number of guanidine groups is 1. The molecule has 0 saturated carbocycles. The number of aromatic nitrogens is 2. The molecule has 0 amide bonds. The fourth-order valence-corrected chi connectivity index (χ4v) is 2.93. The van der Waals surface area contributed by atoms with E-state index in [4.69, 9.17) is 10.5 Å². The van der Waals surface area contributed by atoms with Crippen LogP contribution in [0.15, 0.2) is 72.0 Å². The Morgan fingerprint density at radius 3 is 2.47 bits per heavy atom. The van der Waals surface area contributed by atoms with Crippen LogP contribution in [0.2, 0.25) is 0 Å². The lowest BCUT2D eigenvalue weighted by Gasteiger charge is -2.29. The second-order valence-electron chi connectivity index (χ2n) is 6.80. The Kier molecular flexibility index (Phi) is 8.50. The van der Waals surface area contributed by atoms with Gasteiger partial charge in [0.1, 0.15) is 17.3 Å². The molecule has 3 rings (SSSR count). The van der Waals surface area contributed by atoms with Gasteiger partial charge < -0.3 is 25.5 Å². The first-order valence-corrected chi connectivity index (χ1v) is 9.36. The normalized spacial score (nSPS) is 13.7. The number of anilines is 1. The molecule has 1 heterocycles. The molecule has 4 N–H and O–H groups in total. The highest BCUT2D eigenvalue weighted by Gasteiger charge is 2.57. The number of ether oxygens (including phenoxy) is 1. The minimum Gasteiger partial charge on any atom is -0.457 e. The molecule has 0 fully saturated rings. The van der Waals surface area contributed by atoms with Crippen LogP contribution in [0.1, 0.15) is 12.2 Å². The Balaban J connectivity index is 0.00000363. The summed E-state index contributed by atoms with van der Waals surface area (Å²) in [4.78, 5) is 7.56. The monoisotopic (exact) mass is 561 g/mol. The molecule has 0 bridgehead atoms. The summed E-state index contributed by atoms with van der Waals surface area (Å²) in [6, 6.07) is 16.0. The minimum absolute atomic E-state index is 0. The third kappa shape index (κ3) is 6.13. The number of nitrogens with two attached hydrogens (primary N) is 1. The van der Waals surface area contributed by atoms with Crippen molar-refractivity contribution < 1.29 is 23.0 Å². The van der Waals surface area contributed by atoms with Gasteiger partial charge in [0.15, 0.2) is 5.96 Å². The Labute approximate surface area is 200 Å². The zero-order valence-electron chi connectivity index (χ0n) is 17.1. The summed E-state index contributed by atoms with van der Waals surface area (Å²) in [5, 5.41) is 13.1. The molecule has 0 aliphatic rings. The predicted molar refractivity (Wildman–Crippen MR) is 126 cm³/mol. The number of rotatable bonds is 7. The molecule has 172 valence electrons. The van der Waals surface area contributed by atoms with Gasteiger partial charge in [-0.25, -0.2) is 4.98 Å². The zero-order chi connectivity index (χ0) is 22.5. The highest BCUT2D eigenvalue weighted by Crippen LogP contribution is 2.40. The van der Waals surface area contributed by atoms with Crippen LogP contribution in [0.25, 0.3) is 0 Å². The first kappa shape index (κ1) is 25.5. The van der Waals surface area contributed by atoms with E-state index in [2.05, 4.69) is 15.3 Å².